The molecule has 1 saturated heterocycles. The van der Waals surface area contributed by atoms with E-state index in [0.717, 1.165) is 25.3 Å². The standard InChI is InChI=1S/C20H28N2O2/c1-13-18-9-15-5-6-16(23)10-17(15)20(13,11-19(24)21-2)7-8-22(18)12-14-3-4-14/h5-6,10,13-14,18,23H,3-4,7-9,11-12H2,1-2H3,(H,21,24)/t13-,18+,20-/m0/s1. The van der Waals surface area contributed by atoms with Crippen LogP contribution in [0.4, 0.5) is 0 Å². The number of hydrogen-bond acceptors (Lipinski definition) is 3. The van der Waals surface area contributed by atoms with Crippen molar-refractivity contribution < 1.29 is 9.90 Å². The van der Waals surface area contributed by atoms with Crippen LogP contribution in [0.25, 0.3) is 0 Å². The van der Waals surface area contributed by atoms with E-state index in [9.17, 15) is 9.90 Å². The van der Waals surface area contributed by atoms with Crippen molar-refractivity contribution in [1.29, 1.82) is 0 Å². The Morgan fingerprint density at radius 1 is 1.42 bits per heavy atom. The van der Waals surface area contributed by atoms with E-state index in [4.69, 9.17) is 0 Å². The van der Waals surface area contributed by atoms with Gasteiger partial charge in [0.15, 0.2) is 0 Å². The van der Waals surface area contributed by atoms with Crippen molar-refractivity contribution in [3.8, 4) is 5.75 Å². The summed E-state index contributed by atoms with van der Waals surface area (Å²) in [6.07, 6.45) is 5.33. The summed E-state index contributed by atoms with van der Waals surface area (Å²) in [7, 11) is 1.72. The average Bonchev–Trinajstić information content (AvgIpc) is 3.37. The number of fused-ring (bicyclic) bond motifs is 4. The molecule has 2 N–H and O–H groups in total. The summed E-state index contributed by atoms with van der Waals surface area (Å²) in [5.74, 6) is 1.74. The van der Waals surface area contributed by atoms with Crippen LogP contribution in [0.3, 0.4) is 0 Å². The van der Waals surface area contributed by atoms with Crippen molar-refractivity contribution in [3.63, 3.8) is 0 Å². The first-order valence-electron chi connectivity index (χ1n) is 9.30. The van der Waals surface area contributed by atoms with Gasteiger partial charge in [-0.15, -0.1) is 0 Å². The van der Waals surface area contributed by atoms with Gasteiger partial charge in [0.25, 0.3) is 0 Å². The molecule has 1 saturated carbocycles. The van der Waals surface area contributed by atoms with Crippen LogP contribution in [0.2, 0.25) is 0 Å². The van der Waals surface area contributed by atoms with Crippen LogP contribution in [0, 0.1) is 11.8 Å². The van der Waals surface area contributed by atoms with E-state index in [2.05, 4.69) is 23.2 Å². The second kappa shape index (κ2) is 5.76. The summed E-state index contributed by atoms with van der Waals surface area (Å²) in [6, 6.07) is 6.30. The van der Waals surface area contributed by atoms with E-state index in [1.165, 1.54) is 30.5 Å². The van der Waals surface area contributed by atoms with Gasteiger partial charge in [0, 0.05) is 31.5 Å². The van der Waals surface area contributed by atoms with Crippen LogP contribution in [0.1, 0.15) is 43.7 Å². The van der Waals surface area contributed by atoms with E-state index in [1.807, 2.05) is 6.07 Å². The topological polar surface area (TPSA) is 52.6 Å². The molecular weight excluding hydrogens is 300 g/mol. The summed E-state index contributed by atoms with van der Waals surface area (Å²) >= 11 is 0. The number of hydrogen-bond donors (Lipinski definition) is 2. The van der Waals surface area contributed by atoms with Gasteiger partial charge in [0.1, 0.15) is 5.75 Å². The number of amides is 1. The molecule has 0 unspecified atom stereocenters. The lowest BCUT2D eigenvalue weighted by molar-refractivity contribution is -0.123. The molecule has 3 aliphatic rings. The molecule has 2 aliphatic carbocycles. The third-order valence-corrected chi connectivity index (χ3v) is 6.77. The number of piperidine rings is 1. The maximum atomic E-state index is 12.3. The highest BCUT2D eigenvalue weighted by molar-refractivity contribution is 5.77. The maximum Gasteiger partial charge on any atom is 0.220 e. The molecule has 4 rings (SSSR count). The van der Waals surface area contributed by atoms with Crippen LogP contribution in [0.15, 0.2) is 18.2 Å². The van der Waals surface area contributed by atoms with Crippen molar-refractivity contribution in [2.24, 2.45) is 11.8 Å². The minimum Gasteiger partial charge on any atom is -0.508 e. The zero-order valence-electron chi connectivity index (χ0n) is 14.7. The Kier molecular flexibility index (Phi) is 3.83. The van der Waals surface area contributed by atoms with Gasteiger partial charge in [-0.05, 0) is 67.3 Å². The summed E-state index contributed by atoms with van der Waals surface area (Å²) in [5, 5.41) is 12.9. The number of carbonyl (C=O) groups is 1. The molecule has 1 aromatic carbocycles. The normalized spacial score (nSPS) is 32.2. The molecular formula is C20H28N2O2. The molecule has 0 radical (unpaired) electrons. The highest BCUT2D eigenvalue weighted by atomic mass is 16.3. The fraction of sp³-hybridized carbons (Fsp3) is 0.650. The second-order valence-corrected chi connectivity index (χ2v) is 8.10. The number of nitrogens with one attached hydrogen (secondary N) is 1. The van der Waals surface area contributed by atoms with Gasteiger partial charge in [-0.25, -0.2) is 0 Å². The lowest BCUT2D eigenvalue weighted by Crippen LogP contribution is -2.60. The van der Waals surface area contributed by atoms with Gasteiger partial charge in [0.05, 0.1) is 0 Å². The monoisotopic (exact) mass is 328 g/mol. The molecule has 0 spiro atoms. The molecule has 130 valence electrons. The Hall–Kier alpha value is -1.55. The van der Waals surface area contributed by atoms with E-state index in [0.29, 0.717) is 24.1 Å². The number of rotatable bonds is 4. The molecule has 4 nitrogen and oxygen atoms in total. The van der Waals surface area contributed by atoms with E-state index < -0.39 is 0 Å². The number of likely N-dealkylation sites (tertiary alicyclic amines) is 1. The predicted octanol–water partition coefficient (Wildman–Crippen LogP) is 2.44. The molecule has 1 heterocycles. The van der Waals surface area contributed by atoms with Crippen molar-refractivity contribution in [3.05, 3.63) is 29.3 Å². The lowest BCUT2D eigenvalue weighted by atomic mass is 9.56. The molecule has 1 aliphatic heterocycles. The molecule has 2 bridgehead atoms. The molecule has 2 fully saturated rings. The molecule has 3 atom stereocenters. The lowest BCUT2D eigenvalue weighted by Gasteiger charge is -2.56. The smallest absolute Gasteiger partial charge is 0.220 e. The van der Waals surface area contributed by atoms with Crippen LogP contribution < -0.4 is 5.32 Å². The summed E-state index contributed by atoms with van der Waals surface area (Å²) in [4.78, 5) is 15.0. The first-order chi connectivity index (χ1) is 11.5. The SMILES string of the molecule is CNC(=O)C[C@]12CCN(CC3CC3)[C@H](Cc3ccc(O)cc31)[C@@H]2C. The van der Waals surface area contributed by atoms with Crippen molar-refractivity contribution >= 4 is 5.91 Å². The van der Waals surface area contributed by atoms with Gasteiger partial charge in [-0.2, -0.15) is 0 Å². The number of nitrogens with zero attached hydrogens (tertiary/aromatic N) is 1. The van der Waals surface area contributed by atoms with Gasteiger partial charge < -0.3 is 10.4 Å². The zero-order valence-corrected chi connectivity index (χ0v) is 14.7. The number of aromatic hydroxyl groups is 1. The van der Waals surface area contributed by atoms with E-state index in [1.54, 1.807) is 13.1 Å². The van der Waals surface area contributed by atoms with Crippen molar-refractivity contribution in [2.75, 3.05) is 20.1 Å². The first-order valence-corrected chi connectivity index (χ1v) is 9.30. The fourth-order valence-corrected chi connectivity index (χ4v) is 5.12. The number of phenols is 1. The number of carbonyl (C=O) groups excluding carboxylic acids is 1. The van der Waals surface area contributed by atoms with Crippen molar-refractivity contribution in [2.45, 2.75) is 50.5 Å². The van der Waals surface area contributed by atoms with E-state index >= 15 is 0 Å². The van der Waals surface area contributed by atoms with Crippen LogP contribution in [-0.2, 0) is 16.6 Å². The summed E-state index contributed by atoms with van der Waals surface area (Å²) < 4.78 is 0. The minimum absolute atomic E-state index is 0.104. The van der Waals surface area contributed by atoms with Gasteiger partial charge >= 0.3 is 0 Å². The fourth-order valence-electron chi connectivity index (χ4n) is 5.12. The Balaban J connectivity index is 1.74. The second-order valence-electron chi connectivity index (χ2n) is 8.10. The average molecular weight is 328 g/mol. The van der Waals surface area contributed by atoms with Gasteiger partial charge in [-0.1, -0.05) is 13.0 Å². The third-order valence-electron chi connectivity index (χ3n) is 6.77. The molecule has 1 aromatic rings. The summed E-state index contributed by atoms with van der Waals surface area (Å²) in [5.41, 5.74) is 2.39. The largest absolute Gasteiger partial charge is 0.508 e. The number of phenolic OH excluding ortho intramolecular Hbond substituents is 1. The van der Waals surface area contributed by atoms with Gasteiger partial charge in [0.2, 0.25) is 5.91 Å². The Morgan fingerprint density at radius 2 is 2.21 bits per heavy atom. The summed E-state index contributed by atoms with van der Waals surface area (Å²) in [6.45, 7) is 4.61. The predicted molar refractivity (Wildman–Crippen MR) is 94.0 cm³/mol. The van der Waals surface area contributed by atoms with E-state index in [-0.39, 0.29) is 11.3 Å². The minimum atomic E-state index is -0.142. The molecule has 24 heavy (non-hydrogen) atoms. The molecule has 0 aromatic heterocycles. The Morgan fingerprint density at radius 3 is 2.92 bits per heavy atom. The highest BCUT2D eigenvalue weighted by Crippen LogP contribution is 2.52. The van der Waals surface area contributed by atoms with Gasteiger partial charge in [-0.3, -0.25) is 9.69 Å². The quantitative estimate of drug-likeness (QED) is 0.893. The molecule has 4 heteroatoms. The van der Waals surface area contributed by atoms with Crippen LogP contribution in [0.5, 0.6) is 5.75 Å². The van der Waals surface area contributed by atoms with Crippen LogP contribution in [-0.4, -0.2) is 42.1 Å². The highest BCUT2D eigenvalue weighted by Gasteiger charge is 2.52. The third kappa shape index (κ3) is 2.52. The van der Waals surface area contributed by atoms with Crippen molar-refractivity contribution in [1.82, 2.24) is 10.2 Å². The Bertz CT molecular complexity index is 655. The maximum absolute atomic E-state index is 12.3. The Labute approximate surface area is 144 Å². The number of benzene rings is 1. The molecule has 1 amide bonds. The first kappa shape index (κ1) is 15.9. The van der Waals surface area contributed by atoms with Crippen LogP contribution >= 0.6 is 0 Å². The zero-order chi connectivity index (χ0) is 16.9.